The zero-order valence-electron chi connectivity index (χ0n) is 10.6. The van der Waals surface area contributed by atoms with E-state index in [1.165, 1.54) is 0 Å². The Bertz CT molecular complexity index is 126. The zero-order valence-corrected chi connectivity index (χ0v) is 9.62. The quantitative estimate of drug-likeness (QED) is 0.166. The van der Waals surface area contributed by atoms with E-state index < -0.39 is 29.3 Å². The van der Waals surface area contributed by atoms with Crippen LogP contribution in [-0.4, -0.2) is 91.0 Å². The molecule has 0 aliphatic heterocycles. The van der Waals surface area contributed by atoms with Crippen LogP contribution in [0.15, 0.2) is 0 Å². The molecule has 0 radical (unpaired) electrons. The first-order valence-electron chi connectivity index (χ1n) is 3.55. The first kappa shape index (κ1) is 31.3. The van der Waals surface area contributed by atoms with Gasteiger partial charge in [0, 0.05) is 0 Å². The minimum absolute atomic E-state index is 0. The summed E-state index contributed by atoms with van der Waals surface area (Å²) < 4.78 is 3.47. The molecule has 0 aliphatic rings. The molecule has 0 unspecified atom stereocenters. The molecule has 0 aromatic rings. The number of hydrogen-bond acceptors (Lipinski definition) is 13. The normalized spacial score (nSPS) is 6.47. The molecule has 11 N–H and O–H groups in total. The summed E-state index contributed by atoms with van der Waals surface area (Å²) in [5.74, 6) is 0. The Labute approximate surface area is 121 Å². The molecule has 13 nitrogen and oxygen atoms in total. The third-order valence-corrected chi connectivity index (χ3v) is 0.177. The molecule has 18 heteroatoms. The first-order valence-corrected chi connectivity index (χ1v) is 3.55. The van der Waals surface area contributed by atoms with Gasteiger partial charge in [0.05, 0.1) is 0 Å². The van der Waals surface area contributed by atoms with Crippen molar-refractivity contribution in [2.75, 3.05) is 0 Å². The predicted molar refractivity (Wildman–Crippen MR) is 55.7 cm³/mol. The van der Waals surface area contributed by atoms with Crippen LogP contribution in [-0.2, 0) is 9.45 Å². The molecule has 0 aromatic carbocycles. The van der Waals surface area contributed by atoms with Gasteiger partial charge in [0.2, 0.25) is 0 Å². The van der Waals surface area contributed by atoms with Gasteiger partial charge in [-0.1, -0.05) is 0 Å². The van der Waals surface area contributed by atoms with Crippen LogP contribution in [0.2, 0.25) is 0 Å². The number of rotatable bonds is 2. The monoisotopic (exact) mass is 284 g/mol. The van der Waals surface area contributed by atoms with Crippen molar-refractivity contribution in [2.45, 2.75) is 0 Å². The molecule has 108 valence electrons. The molecule has 19 heavy (non-hydrogen) atoms. The average molecular weight is 283 g/mol. The van der Waals surface area contributed by atoms with E-state index in [-0.39, 0.29) is 26.8 Å². The van der Waals surface area contributed by atoms with Crippen molar-refractivity contribution in [2.24, 2.45) is 0 Å². The van der Waals surface area contributed by atoms with Crippen LogP contribution in [0.3, 0.4) is 0 Å². The summed E-state index contributed by atoms with van der Waals surface area (Å²) in [5.41, 5.74) is 0. The fourth-order valence-corrected chi connectivity index (χ4v) is 0.0497. The predicted octanol–water partition coefficient (Wildman–Crippen LogP) is -10.9. The SMILES string of the molecule is O=COB(O)O.OB(O)O.OB(O)O.OB(O)O.[H-].[Li+]. The van der Waals surface area contributed by atoms with Gasteiger partial charge in [-0.25, -0.2) is 0 Å². The van der Waals surface area contributed by atoms with E-state index in [1.807, 2.05) is 0 Å². The molecule has 0 heterocycles. The van der Waals surface area contributed by atoms with E-state index in [2.05, 4.69) is 4.65 Å². The molecule has 0 aromatic heterocycles. The summed E-state index contributed by atoms with van der Waals surface area (Å²) in [5, 5.41) is 79.8. The van der Waals surface area contributed by atoms with E-state index in [0.717, 1.165) is 0 Å². The molecule has 0 atom stereocenters. The molecule has 0 fully saturated rings. The molecular formula is CH13B4LiO13. The molecule has 0 aliphatic carbocycles. The standard InChI is InChI=1S/CH3BO4.3BH3O3.Li.H/c3-1-6-2(4)5;3*2-1(3)4;;/h1,4-5H;3*2-4H;;/q;;;;+1;-1. The molecule has 0 rings (SSSR count). The van der Waals surface area contributed by atoms with Gasteiger partial charge in [0.15, 0.2) is 0 Å². The van der Waals surface area contributed by atoms with E-state index >= 15 is 0 Å². The van der Waals surface area contributed by atoms with Crippen molar-refractivity contribution in [1.82, 2.24) is 0 Å². The van der Waals surface area contributed by atoms with Gasteiger partial charge in [-0.15, -0.1) is 0 Å². The fraction of sp³-hybridized carbons (Fsp3) is 0. The van der Waals surface area contributed by atoms with E-state index in [1.54, 1.807) is 0 Å². The average Bonchev–Trinajstić information content (AvgIpc) is 1.98. The molecule has 0 saturated carbocycles. The largest absolute Gasteiger partial charge is 1.00 e. The Morgan fingerprint density at radius 2 is 0.842 bits per heavy atom. The zero-order chi connectivity index (χ0) is 15.7. The fourth-order valence-electron chi connectivity index (χ4n) is 0.0497. The first-order chi connectivity index (χ1) is 7.97. The summed E-state index contributed by atoms with van der Waals surface area (Å²) in [4.78, 5) is 9.07. The van der Waals surface area contributed by atoms with E-state index in [9.17, 15) is 0 Å². The van der Waals surface area contributed by atoms with Gasteiger partial charge in [0.1, 0.15) is 0 Å². The van der Waals surface area contributed by atoms with Crippen LogP contribution in [0.4, 0.5) is 0 Å². The van der Waals surface area contributed by atoms with Crippen molar-refractivity contribution < 1.29 is 85.0 Å². The van der Waals surface area contributed by atoms with Crippen LogP contribution >= 0.6 is 0 Å². The van der Waals surface area contributed by atoms with Gasteiger partial charge in [-0.3, -0.25) is 4.79 Å². The van der Waals surface area contributed by atoms with Crippen molar-refractivity contribution in [3.05, 3.63) is 0 Å². The van der Waals surface area contributed by atoms with Gasteiger partial charge in [0.25, 0.3) is 6.47 Å². The Morgan fingerprint density at radius 3 is 0.842 bits per heavy atom. The second-order valence-electron chi connectivity index (χ2n) is 1.60. The topological polar surface area (TPSA) is 249 Å². The molecule has 0 saturated heterocycles. The van der Waals surface area contributed by atoms with Gasteiger partial charge >= 0.3 is 48.1 Å². The molecular weight excluding hydrogens is 270 g/mol. The van der Waals surface area contributed by atoms with Crippen LogP contribution in [0.5, 0.6) is 0 Å². The van der Waals surface area contributed by atoms with Crippen molar-refractivity contribution in [3.8, 4) is 0 Å². The Morgan fingerprint density at radius 1 is 0.684 bits per heavy atom. The smallest absolute Gasteiger partial charge is 1.00 e. The Balaban J connectivity index is -0.0000000322. The summed E-state index contributed by atoms with van der Waals surface area (Å²) in [6.45, 7) is -0.0509. The summed E-state index contributed by atoms with van der Waals surface area (Å²) in [6, 6.07) is 0. The van der Waals surface area contributed by atoms with Crippen molar-refractivity contribution >= 4 is 35.8 Å². The van der Waals surface area contributed by atoms with Crippen molar-refractivity contribution in [3.63, 3.8) is 0 Å². The maximum absolute atomic E-state index is 9.07. The Hall–Kier alpha value is -0.113. The van der Waals surface area contributed by atoms with Gasteiger partial charge in [-0.2, -0.15) is 0 Å². The second kappa shape index (κ2) is 26.5. The maximum atomic E-state index is 9.07. The second-order valence-corrected chi connectivity index (χ2v) is 1.60. The van der Waals surface area contributed by atoms with Crippen molar-refractivity contribution in [1.29, 1.82) is 0 Å². The summed E-state index contributed by atoms with van der Waals surface area (Å²) in [6.07, 6.45) is 0. The minimum Gasteiger partial charge on any atom is -1.00 e. The van der Waals surface area contributed by atoms with Crippen LogP contribution in [0.1, 0.15) is 1.43 Å². The van der Waals surface area contributed by atoms with Crippen LogP contribution in [0.25, 0.3) is 0 Å². The molecule has 0 amide bonds. The summed E-state index contributed by atoms with van der Waals surface area (Å²) >= 11 is 0. The third-order valence-electron chi connectivity index (χ3n) is 0.177. The summed E-state index contributed by atoms with van der Waals surface area (Å²) in [7, 11) is -8.47. The van der Waals surface area contributed by atoms with Crippen LogP contribution in [0, 0.1) is 0 Å². The number of carbonyl (C=O) groups is 1. The number of carbonyl (C=O) groups excluding carboxylic acids is 1. The van der Waals surface area contributed by atoms with Gasteiger partial charge < -0.3 is 61.3 Å². The van der Waals surface area contributed by atoms with Gasteiger partial charge in [-0.05, 0) is 0 Å². The van der Waals surface area contributed by atoms with E-state index in [0.29, 0.717) is 0 Å². The molecule has 0 bridgehead atoms. The third kappa shape index (κ3) is 542. The number of hydrogen-bond donors (Lipinski definition) is 11. The van der Waals surface area contributed by atoms with Crippen LogP contribution < -0.4 is 18.9 Å². The minimum atomic E-state index is -2.17. The Kier molecular flexibility index (Phi) is 43.6. The maximum Gasteiger partial charge on any atom is 1.00 e. The molecule has 0 spiro atoms. The van der Waals surface area contributed by atoms with E-state index in [4.69, 9.17) is 60.1 Å².